The van der Waals surface area contributed by atoms with Crippen LogP contribution in [0.5, 0.6) is 0 Å². The molecule has 1 aromatic heterocycles. The number of nitrogens with zero attached hydrogens (tertiary/aromatic N) is 5. The van der Waals surface area contributed by atoms with Crippen LogP contribution in [0.3, 0.4) is 0 Å². The number of aromatic nitrogens is 3. The van der Waals surface area contributed by atoms with E-state index in [0.29, 0.717) is 39.1 Å². The molecule has 2 N–H and O–H groups in total. The van der Waals surface area contributed by atoms with Crippen LogP contribution in [0.4, 0.5) is 0 Å². The topological polar surface area (TPSA) is 97.8 Å². The van der Waals surface area contributed by atoms with Crippen molar-refractivity contribution in [1.29, 1.82) is 0 Å². The van der Waals surface area contributed by atoms with Gasteiger partial charge in [-0.1, -0.05) is 0 Å². The Morgan fingerprint density at radius 3 is 3.04 bits per heavy atom. The lowest BCUT2D eigenvalue weighted by atomic mass is 10.3. The van der Waals surface area contributed by atoms with E-state index < -0.39 is 6.10 Å². The summed E-state index contributed by atoms with van der Waals surface area (Å²) in [6.07, 6.45) is 2.58. The van der Waals surface area contributed by atoms with Crippen molar-refractivity contribution in [2.75, 3.05) is 45.9 Å². The van der Waals surface area contributed by atoms with Gasteiger partial charge >= 0.3 is 0 Å². The number of amides is 1. The molecule has 0 saturated carbocycles. The molecule has 0 unspecified atom stereocenters. The van der Waals surface area contributed by atoms with Crippen molar-refractivity contribution in [2.45, 2.75) is 25.5 Å². The monoisotopic (exact) mass is 324 g/mol. The molecule has 1 aromatic rings. The molecule has 9 nitrogen and oxygen atoms in total. The number of aliphatic hydroxyl groups excluding tert-OH is 1. The SMILES string of the molecule is O=C(CCN1CCCO1)N1CCN(Cc2cn[nH]n2)C[C@H](O)C1. The molecule has 0 aliphatic carbocycles. The summed E-state index contributed by atoms with van der Waals surface area (Å²) in [7, 11) is 0. The fourth-order valence-electron chi connectivity index (χ4n) is 3.01. The van der Waals surface area contributed by atoms with E-state index in [-0.39, 0.29) is 5.91 Å². The number of rotatable bonds is 5. The first-order valence-corrected chi connectivity index (χ1v) is 8.11. The average molecular weight is 324 g/mol. The van der Waals surface area contributed by atoms with Crippen LogP contribution in [0.2, 0.25) is 0 Å². The number of hydroxylamine groups is 2. The molecule has 3 rings (SSSR count). The number of H-pyrrole nitrogens is 1. The number of nitrogens with one attached hydrogen (secondary N) is 1. The highest BCUT2D eigenvalue weighted by molar-refractivity contribution is 5.76. The Morgan fingerprint density at radius 2 is 2.30 bits per heavy atom. The molecule has 1 atom stereocenters. The molecule has 3 heterocycles. The molecule has 1 amide bonds. The minimum absolute atomic E-state index is 0.0721. The maximum absolute atomic E-state index is 12.4. The molecule has 128 valence electrons. The second-order valence-electron chi connectivity index (χ2n) is 6.06. The fraction of sp³-hybridized carbons (Fsp3) is 0.786. The van der Waals surface area contributed by atoms with Gasteiger partial charge in [-0.2, -0.15) is 20.5 Å². The number of carbonyl (C=O) groups is 1. The zero-order chi connectivity index (χ0) is 16.1. The first-order valence-electron chi connectivity index (χ1n) is 8.11. The first-order chi connectivity index (χ1) is 11.2. The Hall–Kier alpha value is -1.55. The summed E-state index contributed by atoms with van der Waals surface area (Å²) in [5, 5.41) is 22.4. The Balaban J connectivity index is 1.47. The molecule has 23 heavy (non-hydrogen) atoms. The Kier molecular flexibility index (Phi) is 5.55. The van der Waals surface area contributed by atoms with E-state index in [1.807, 2.05) is 5.06 Å². The van der Waals surface area contributed by atoms with E-state index in [0.717, 1.165) is 31.8 Å². The molecule has 0 aromatic carbocycles. The minimum atomic E-state index is -0.545. The van der Waals surface area contributed by atoms with E-state index in [4.69, 9.17) is 4.84 Å². The van der Waals surface area contributed by atoms with Crippen LogP contribution in [0.15, 0.2) is 6.20 Å². The van der Waals surface area contributed by atoms with Gasteiger partial charge in [-0.3, -0.25) is 14.5 Å². The lowest BCUT2D eigenvalue weighted by Crippen LogP contribution is -2.39. The molecule has 2 aliphatic heterocycles. The smallest absolute Gasteiger partial charge is 0.224 e. The third kappa shape index (κ3) is 4.71. The van der Waals surface area contributed by atoms with Crippen LogP contribution >= 0.6 is 0 Å². The quantitative estimate of drug-likeness (QED) is 0.705. The number of hydrogen-bond donors (Lipinski definition) is 2. The third-order valence-electron chi connectivity index (χ3n) is 4.19. The van der Waals surface area contributed by atoms with Gasteiger partial charge in [-0.15, -0.1) is 0 Å². The van der Waals surface area contributed by atoms with Gasteiger partial charge in [0.05, 0.1) is 24.6 Å². The van der Waals surface area contributed by atoms with E-state index in [9.17, 15) is 9.90 Å². The van der Waals surface area contributed by atoms with Gasteiger partial charge in [0.1, 0.15) is 0 Å². The van der Waals surface area contributed by atoms with Crippen LogP contribution in [-0.2, 0) is 16.2 Å². The largest absolute Gasteiger partial charge is 0.390 e. The normalized spacial score (nSPS) is 24.0. The van der Waals surface area contributed by atoms with Crippen molar-refractivity contribution in [3.63, 3.8) is 0 Å². The third-order valence-corrected chi connectivity index (χ3v) is 4.19. The first kappa shape index (κ1) is 16.3. The Morgan fingerprint density at radius 1 is 1.39 bits per heavy atom. The highest BCUT2D eigenvalue weighted by Crippen LogP contribution is 2.10. The highest BCUT2D eigenvalue weighted by Gasteiger charge is 2.25. The second kappa shape index (κ2) is 7.82. The van der Waals surface area contributed by atoms with Gasteiger partial charge in [0.25, 0.3) is 0 Å². The molecular formula is C14H24N6O3. The number of aliphatic hydroxyl groups is 1. The molecule has 2 saturated heterocycles. The van der Waals surface area contributed by atoms with Crippen LogP contribution in [0.1, 0.15) is 18.5 Å². The minimum Gasteiger partial charge on any atom is -0.390 e. The highest BCUT2D eigenvalue weighted by atomic mass is 16.7. The summed E-state index contributed by atoms with van der Waals surface area (Å²) in [6, 6.07) is 0. The molecular weight excluding hydrogens is 300 g/mol. The lowest BCUT2D eigenvalue weighted by Gasteiger charge is -2.23. The van der Waals surface area contributed by atoms with Crippen molar-refractivity contribution in [3.8, 4) is 0 Å². The summed E-state index contributed by atoms with van der Waals surface area (Å²) in [4.78, 5) is 21.6. The summed E-state index contributed by atoms with van der Waals surface area (Å²) in [5.41, 5.74) is 0.836. The summed E-state index contributed by atoms with van der Waals surface area (Å²) >= 11 is 0. The predicted molar refractivity (Wildman–Crippen MR) is 81.0 cm³/mol. The van der Waals surface area contributed by atoms with E-state index >= 15 is 0 Å². The maximum Gasteiger partial charge on any atom is 0.224 e. The molecule has 2 aliphatic rings. The number of hydrogen-bond acceptors (Lipinski definition) is 7. The van der Waals surface area contributed by atoms with Gasteiger partial charge < -0.3 is 10.0 Å². The molecule has 0 radical (unpaired) electrons. The average Bonchev–Trinajstić information content (AvgIpc) is 3.19. The van der Waals surface area contributed by atoms with E-state index in [2.05, 4.69) is 20.3 Å². The van der Waals surface area contributed by atoms with Gasteiger partial charge in [-0.05, 0) is 6.42 Å². The van der Waals surface area contributed by atoms with Gasteiger partial charge in [0.2, 0.25) is 5.91 Å². The summed E-state index contributed by atoms with van der Waals surface area (Å²) in [5.74, 6) is 0.0721. The number of β-amino-alcohol motifs (C(OH)–C–C–N with tert-alkyl or cyclic N) is 1. The van der Waals surface area contributed by atoms with Crippen LogP contribution < -0.4 is 0 Å². The van der Waals surface area contributed by atoms with Crippen molar-refractivity contribution >= 4 is 5.91 Å². The number of aromatic amines is 1. The van der Waals surface area contributed by atoms with Crippen LogP contribution in [0.25, 0.3) is 0 Å². The van der Waals surface area contributed by atoms with Crippen molar-refractivity contribution < 1.29 is 14.7 Å². The van der Waals surface area contributed by atoms with Gasteiger partial charge in [0, 0.05) is 52.2 Å². The predicted octanol–water partition coefficient (Wildman–Crippen LogP) is -1.16. The fourth-order valence-corrected chi connectivity index (χ4v) is 3.01. The van der Waals surface area contributed by atoms with E-state index in [1.165, 1.54) is 0 Å². The van der Waals surface area contributed by atoms with Crippen LogP contribution in [-0.4, -0.2) is 93.3 Å². The van der Waals surface area contributed by atoms with Gasteiger partial charge in [0.15, 0.2) is 0 Å². The molecule has 9 heteroatoms. The second-order valence-corrected chi connectivity index (χ2v) is 6.06. The Bertz CT molecular complexity index is 491. The zero-order valence-electron chi connectivity index (χ0n) is 13.2. The molecule has 2 fully saturated rings. The molecule has 0 bridgehead atoms. The number of carbonyl (C=O) groups excluding carboxylic acids is 1. The molecule has 0 spiro atoms. The maximum atomic E-state index is 12.4. The zero-order valence-corrected chi connectivity index (χ0v) is 13.2. The lowest BCUT2D eigenvalue weighted by molar-refractivity contribution is -0.139. The summed E-state index contributed by atoms with van der Waals surface area (Å²) in [6.45, 7) is 5.13. The summed E-state index contributed by atoms with van der Waals surface area (Å²) < 4.78 is 0. The van der Waals surface area contributed by atoms with Crippen molar-refractivity contribution in [3.05, 3.63) is 11.9 Å². The standard InChI is InChI=1S/C14H24N6O3/c21-13-10-18(9-12-8-15-17-16-12)5-6-19(11-13)14(22)2-4-20-3-1-7-23-20/h8,13,21H,1-7,9-11H2,(H,15,16,17)/t13-/m0/s1. The van der Waals surface area contributed by atoms with Crippen molar-refractivity contribution in [2.24, 2.45) is 0 Å². The Labute approximate surface area is 135 Å². The van der Waals surface area contributed by atoms with Crippen molar-refractivity contribution in [1.82, 2.24) is 30.3 Å². The van der Waals surface area contributed by atoms with E-state index in [1.54, 1.807) is 11.1 Å². The van der Waals surface area contributed by atoms with Crippen LogP contribution in [0, 0.1) is 0 Å². The van der Waals surface area contributed by atoms with Gasteiger partial charge in [-0.25, -0.2) is 0 Å².